The highest BCUT2D eigenvalue weighted by Gasteiger charge is 2.19. The lowest BCUT2D eigenvalue weighted by Crippen LogP contribution is -2.28. The summed E-state index contributed by atoms with van der Waals surface area (Å²) >= 11 is 0. The van der Waals surface area contributed by atoms with Crippen molar-refractivity contribution in [2.75, 3.05) is 11.9 Å². The molecule has 0 spiro atoms. The average Bonchev–Trinajstić information content (AvgIpc) is 2.28. The van der Waals surface area contributed by atoms with Crippen molar-refractivity contribution < 1.29 is 19.0 Å². The number of ether oxygens (including phenoxy) is 1. The summed E-state index contributed by atoms with van der Waals surface area (Å²) in [6.07, 6.45) is -1.73. The van der Waals surface area contributed by atoms with E-state index in [1.165, 1.54) is 12.1 Å². The second kappa shape index (κ2) is 5.99. The van der Waals surface area contributed by atoms with Crippen molar-refractivity contribution >= 4 is 11.8 Å². The molecule has 1 atom stereocenters. The van der Waals surface area contributed by atoms with Crippen LogP contribution in [0.1, 0.15) is 32.4 Å². The van der Waals surface area contributed by atoms with Crippen molar-refractivity contribution in [2.24, 2.45) is 5.73 Å². The molecule has 5 nitrogen and oxygen atoms in total. The minimum Gasteiger partial charge on any atom is -0.444 e. The van der Waals surface area contributed by atoms with Crippen molar-refractivity contribution in [1.29, 1.82) is 0 Å². The minimum atomic E-state index is -1.05. The Labute approximate surface area is 111 Å². The Morgan fingerprint density at radius 3 is 2.68 bits per heavy atom. The molecule has 6 heteroatoms. The van der Waals surface area contributed by atoms with Gasteiger partial charge in [0.2, 0.25) is 0 Å². The number of halogens is 1. The lowest BCUT2D eigenvalue weighted by Gasteiger charge is -2.21. The first kappa shape index (κ1) is 15.4. The highest BCUT2D eigenvalue weighted by atomic mass is 19.1. The van der Waals surface area contributed by atoms with Gasteiger partial charge in [-0.1, -0.05) is 0 Å². The predicted octanol–water partition coefficient (Wildman–Crippen LogP) is 2.16. The van der Waals surface area contributed by atoms with Crippen molar-refractivity contribution in [1.82, 2.24) is 0 Å². The van der Waals surface area contributed by atoms with Gasteiger partial charge in [-0.15, -0.1) is 0 Å². The number of carbonyl (C=O) groups excluding carboxylic acids is 1. The maximum absolute atomic E-state index is 13.2. The molecule has 19 heavy (non-hydrogen) atoms. The third kappa shape index (κ3) is 4.84. The van der Waals surface area contributed by atoms with Crippen molar-refractivity contribution in [3.05, 3.63) is 29.6 Å². The maximum Gasteiger partial charge on any atom is 0.412 e. The van der Waals surface area contributed by atoms with Crippen LogP contribution >= 0.6 is 0 Å². The summed E-state index contributed by atoms with van der Waals surface area (Å²) in [4.78, 5) is 11.6. The van der Waals surface area contributed by atoms with Gasteiger partial charge >= 0.3 is 6.09 Å². The monoisotopic (exact) mass is 270 g/mol. The van der Waals surface area contributed by atoms with Crippen LogP contribution in [0.5, 0.6) is 0 Å². The fraction of sp³-hybridized carbons (Fsp3) is 0.462. The molecule has 1 amide bonds. The molecule has 0 bridgehead atoms. The summed E-state index contributed by atoms with van der Waals surface area (Å²) in [6.45, 7) is 5.11. The van der Waals surface area contributed by atoms with E-state index >= 15 is 0 Å². The van der Waals surface area contributed by atoms with Gasteiger partial charge in [-0.05, 0) is 39.0 Å². The van der Waals surface area contributed by atoms with Crippen molar-refractivity contribution in [3.8, 4) is 0 Å². The zero-order valence-electron chi connectivity index (χ0n) is 11.2. The van der Waals surface area contributed by atoms with Crippen molar-refractivity contribution in [3.63, 3.8) is 0 Å². The second-order valence-corrected chi connectivity index (χ2v) is 5.11. The van der Waals surface area contributed by atoms with Gasteiger partial charge in [0.1, 0.15) is 11.4 Å². The Bertz CT molecular complexity index is 458. The third-order valence-corrected chi connectivity index (χ3v) is 2.23. The third-order valence-electron chi connectivity index (χ3n) is 2.23. The fourth-order valence-corrected chi connectivity index (χ4v) is 1.46. The summed E-state index contributed by atoms with van der Waals surface area (Å²) in [5, 5.41) is 12.2. The average molecular weight is 270 g/mol. The van der Waals surface area contributed by atoms with Crippen LogP contribution in [-0.4, -0.2) is 23.3 Å². The van der Waals surface area contributed by atoms with Crippen LogP contribution in [0.4, 0.5) is 14.9 Å². The molecule has 106 valence electrons. The Morgan fingerprint density at radius 1 is 1.53 bits per heavy atom. The summed E-state index contributed by atoms with van der Waals surface area (Å²) in [7, 11) is 0. The highest BCUT2D eigenvalue weighted by Crippen LogP contribution is 2.24. The lowest BCUT2D eigenvalue weighted by molar-refractivity contribution is 0.0635. The van der Waals surface area contributed by atoms with E-state index in [1.54, 1.807) is 20.8 Å². The summed E-state index contributed by atoms with van der Waals surface area (Å²) in [6, 6.07) is 3.66. The molecule has 0 heterocycles. The van der Waals surface area contributed by atoms with E-state index in [-0.39, 0.29) is 17.8 Å². The molecular weight excluding hydrogens is 251 g/mol. The molecule has 0 aliphatic rings. The first-order valence-electron chi connectivity index (χ1n) is 5.90. The SMILES string of the molecule is CC(C)(C)OC(=O)Nc1ccc(F)cc1[C@H](O)CN. The Balaban J connectivity index is 2.91. The van der Waals surface area contributed by atoms with Gasteiger partial charge in [0, 0.05) is 12.1 Å². The van der Waals surface area contributed by atoms with Crippen LogP contribution in [0.2, 0.25) is 0 Å². The van der Waals surface area contributed by atoms with E-state index < -0.39 is 23.6 Å². The molecular formula is C13H19FN2O3. The number of nitrogens with one attached hydrogen (secondary N) is 1. The summed E-state index contributed by atoms with van der Waals surface area (Å²) < 4.78 is 18.2. The molecule has 0 saturated heterocycles. The molecule has 0 unspecified atom stereocenters. The highest BCUT2D eigenvalue weighted by molar-refractivity contribution is 5.86. The first-order valence-corrected chi connectivity index (χ1v) is 5.90. The molecule has 0 radical (unpaired) electrons. The van der Waals surface area contributed by atoms with Crippen LogP contribution in [-0.2, 0) is 4.74 Å². The van der Waals surface area contributed by atoms with Gasteiger partial charge in [0.05, 0.1) is 11.8 Å². The number of anilines is 1. The number of carbonyl (C=O) groups is 1. The summed E-state index contributed by atoms with van der Waals surface area (Å²) in [5.41, 5.74) is 5.19. The number of rotatable bonds is 3. The predicted molar refractivity (Wildman–Crippen MR) is 70.3 cm³/mol. The number of nitrogens with two attached hydrogens (primary N) is 1. The van der Waals surface area contributed by atoms with Crippen LogP contribution in [0.25, 0.3) is 0 Å². The number of hydrogen-bond acceptors (Lipinski definition) is 4. The number of amides is 1. The molecule has 0 fully saturated rings. The lowest BCUT2D eigenvalue weighted by atomic mass is 10.1. The van der Waals surface area contributed by atoms with Gasteiger partial charge in [-0.3, -0.25) is 5.32 Å². The quantitative estimate of drug-likeness (QED) is 0.785. The van der Waals surface area contributed by atoms with E-state index in [0.717, 1.165) is 6.07 Å². The van der Waals surface area contributed by atoms with Crippen LogP contribution in [0.15, 0.2) is 18.2 Å². The van der Waals surface area contributed by atoms with E-state index in [2.05, 4.69) is 5.32 Å². The molecule has 0 saturated carbocycles. The molecule has 4 N–H and O–H groups in total. The molecule has 0 aliphatic carbocycles. The zero-order chi connectivity index (χ0) is 14.6. The molecule has 1 aromatic carbocycles. The largest absolute Gasteiger partial charge is 0.444 e. The number of aliphatic hydroxyl groups excluding tert-OH is 1. The van der Waals surface area contributed by atoms with Gasteiger partial charge < -0.3 is 15.6 Å². The zero-order valence-corrected chi connectivity index (χ0v) is 11.2. The van der Waals surface area contributed by atoms with Crippen LogP contribution < -0.4 is 11.1 Å². The Kier molecular flexibility index (Phi) is 4.85. The molecule has 1 rings (SSSR count). The Hall–Kier alpha value is -1.66. The Morgan fingerprint density at radius 2 is 2.16 bits per heavy atom. The van der Waals surface area contributed by atoms with Gasteiger partial charge in [0.25, 0.3) is 0 Å². The van der Waals surface area contributed by atoms with Crippen molar-refractivity contribution in [2.45, 2.75) is 32.5 Å². The van der Waals surface area contributed by atoms with Gasteiger partial charge in [-0.25, -0.2) is 9.18 Å². The first-order chi connectivity index (χ1) is 8.73. The molecule has 1 aromatic rings. The fourth-order valence-electron chi connectivity index (χ4n) is 1.46. The summed E-state index contributed by atoms with van der Waals surface area (Å²) in [5.74, 6) is -0.516. The van der Waals surface area contributed by atoms with E-state index in [1.807, 2.05) is 0 Å². The maximum atomic E-state index is 13.2. The topological polar surface area (TPSA) is 84.6 Å². The van der Waals surface area contributed by atoms with Crippen LogP contribution in [0, 0.1) is 5.82 Å². The van der Waals surface area contributed by atoms with Gasteiger partial charge in [0.15, 0.2) is 0 Å². The van der Waals surface area contributed by atoms with E-state index in [0.29, 0.717) is 0 Å². The van der Waals surface area contributed by atoms with Gasteiger partial charge in [-0.2, -0.15) is 0 Å². The second-order valence-electron chi connectivity index (χ2n) is 5.11. The standard InChI is InChI=1S/C13H19FN2O3/c1-13(2,3)19-12(18)16-10-5-4-8(14)6-9(10)11(17)7-15/h4-6,11,17H,7,15H2,1-3H3,(H,16,18)/t11-/m1/s1. The normalized spacial score (nSPS) is 12.9. The van der Waals surface area contributed by atoms with Crippen LogP contribution in [0.3, 0.4) is 0 Å². The number of benzene rings is 1. The molecule has 0 aliphatic heterocycles. The number of hydrogen-bond donors (Lipinski definition) is 3. The number of aliphatic hydroxyl groups is 1. The smallest absolute Gasteiger partial charge is 0.412 e. The minimum absolute atomic E-state index is 0.0769. The van der Waals surface area contributed by atoms with E-state index in [4.69, 9.17) is 10.5 Å². The van der Waals surface area contributed by atoms with E-state index in [9.17, 15) is 14.3 Å². The molecule has 0 aromatic heterocycles.